The van der Waals surface area contributed by atoms with Crippen LogP contribution in [0.3, 0.4) is 0 Å². The zero-order valence-corrected chi connectivity index (χ0v) is 21.6. The van der Waals surface area contributed by atoms with Crippen LogP contribution >= 0.6 is 0 Å². The van der Waals surface area contributed by atoms with E-state index < -0.39 is 17.9 Å². The van der Waals surface area contributed by atoms with Crippen molar-refractivity contribution >= 4 is 46.3 Å². The fraction of sp³-hybridized carbons (Fsp3) is 0.172. The lowest BCUT2D eigenvalue weighted by atomic mass is 10.0. The van der Waals surface area contributed by atoms with Crippen LogP contribution in [-0.2, 0) is 9.59 Å². The summed E-state index contributed by atoms with van der Waals surface area (Å²) in [5.41, 5.74) is 2.63. The Kier molecular flexibility index (Phi) is 7.36. The standard InChI is InChI=1S/C29H26N6O5/c1-35(23-13-14-24(37)33-28(23)39)29(40)25-18(15-36)5-4-8-22(25)31-16-30-19-11-9-17(10-12-19)26-32-21-7-3-2-6-20(21)27(38)34-26/h2-12,15,23,30-31H,13-14,16H2,1H3,(H,32,34,38)(H,33,37,39). The number of H-pyrrole nitrogens is 1. The van der Waals surface area contributed by atoms with Gasteiger partial charge in [-0.05, 0) is 48.9 Å². The number of carbonyl (C=O) groups is 4. The molecule has 1 unspecified atom stereocenters. The van der Waals surface area contributed by atoms with Crippen LogP contribution in [-0.4, -0.2) is 58.6 Å². The molecule has 0 bridgehead atoms. The number of imide groups is 1. The number of hydrogen-bond acceptors (Lipinski definition) is 8. The number of carbonyl (C=O) groups excluding carboxylic acids is 4. The number of aromatic amines is 1. The molecule has 4 aromatic rings. The molecule has 40 heavy (non-hydrogen) atoms. The van der Waals surface area contributed by atoms with Crippen molar-refractivity contribution in [3.63, 3.8) is 0 Å². The van der Waals surface area contributed by atoms with Crippen LogP contribution in [0.1, 0.15) is 33.6 Å². The Balaban J connectivity index is 1.28. The van der Waals surface area contributed by atoms with Crippen molar-refractivity contribution in [1.82, 2.24) is 20.2 Å². The molecule has 1 saturated heterocycles. The molecule has 2 heterocycles. The van der Waals surface area contributed by atoms with Gasteiger partial charge in [-0.15, -0.1) is 0 Å². The van der Waals surface area contributed by atoms with Crippen LogP contribution in [0.25, 0.3) is 22.3 Å². The van der Waals surface area contributed by atoms with Gasteiger partial charge in [0, 0.05) is 36.0 Å². The molecule has 0 spiro atoms. The third kappa shape index (κ3) is 5.30. The smallest absolute Gasteiger partial charge is 0.259 e. The van der Waals surface area contributed by atoms with E-state index in [0.717, 1.165) is 11.3 Å². The van der Waals surface area contributed by atoms with Gasteiger partial charge in [-0.1, -0.05) is 24.3 Å². The fourth-order valence-electron chi connectivity index (χ4n) is 4.63. The second-order valence-corrected chi connectivity index (χ2v) is 9.31. The summed E-state index contributed by atoms with van der Waals surface area (Å²) < 4.78 is 0. The van der Waals surface area contributed by atoms with Gasteiger partial charge in [0.25, 0.3) is 11.5 Å². The number of aromatic nitrogens is 2. The van der Waals surface area contributed by atoms with E-state index in [1.165, 1.54) is 18.0 Å². The normalized spacial score (nSPS) is 14.9. The number of piperidine rings is 1. The van der Waals surface area contributed by atoms with Crippen LogP contribution in [0.2, 0.25) is 0 Å². The molecule has 11 heteroatoms. The summed E-state index contributed by atoms with van der Waals surface area (Å²) in [4.78, 5) is 70.0. The van der Waals surface area contributed by atoms with E-state index in [-0.39, 0.29) is 42.1 Å². The predicted octanol–water partition coefficient (Wildman–Crippen LogP) is 2.76. The summed E-state index contributed by atoms with van der Waals surface area (Å²) in [5.74, 6) is -0.972. The minimum Gasteiger partial charge on any atom is -0.368 e. The largest absolute Gasteiger partial charge is 0.368 e. The first kappa shape index (κ1) is 26.3. The van der Waals surface area contributed by atoms with Gasteiger partial charge in [0.05, 0.1) is 23.1 Å². The van der Waals surface area contributed by atoms with Gasteiger partial charge in [-0.3, -0.25) is 29.3 Å². The molecule has 0 radical (unpaired) electrons. The summed E-state index contributed by atoms with van der Waals surface area (Å²) in [6.07, 6.45) is 0.928. The number of nitrogens with zero attached hydrogens (tertiary/aromatic N) is 2. The molecule has 4 N–H and O–H groups in total. The van der Waals surface area contributed by atoms with Crippen LogP contribution in [0.15, 0.2) is 71.5 Å². The molecule has 0 saturated carbocycles. The predicted molar refractivity (Wildman–Crippen MR) is 150 cm³/mol. The van der Waals surface area contributed by atoms with Gasteiger partial charge < -0.3 is 20.5 Å². The highest BCUT2D eigenvalue weighted by molar-refractivity contribution is 6.09. The molecule has 1 aliphatic heterocycles. The number of aldehydes is 1. The molecule has 202 valence electrons. The zero-order chi connectivity index (χ0) is 28.2. The Morgan fingerprint density at radius 2 is 1.80 bits per heavy atom. The first-order valence-corrected chi connectivity index (χ1v) is 12.6. The van der Waals surface area contributed by atoms with Gasteiger partial charge in [0.2, 0.25) is 11.8 Å². The number of benzene rings is 3. The lowest BCUT2D eigenvalue weighted by Gasteiger charge is -2.30. The number of likely N-dealkylation sites (N-methyl/N-ethyl adjacent to an activating group) is 1. The van der Waals surface area contributed by atoms with Crippen molar-refractivity contribution in [2.75, 3.05) is 24.3 Å². The summed E-state index contributed by atoms with van der Waals surface area (Å²) in [6, 6.07) is 18.5. The monoisotopic (exact) mass is 538 g/mol. The Labute approximate surface area is 228 Å². The first-order chi connectivity index (χ1) is 19.4. The Morgan fingerprint density at radius 3 is 2.55 bits per heavy atom. The number of rotatable bonds is 8. The van der Waals surface area contributed by atoms with Crippen molar-refractivity contribution in [3.05, 3.63) is 88.2 Å². The van der Waals surface area contributed by atoms with E-state index in [1.807, 2.05) is 30.3 Å². The topological polar surface area (TPSA) is 153 Å². The number of para-hydroxylation sites is 1. The molecular weight excluding hydrogens is 512 g/mol. The molecule has 1 atom stereocenters. The Hall–Kier alpha value is -5.32. The second kappa shape index (κ2) is 11.2. The number of amides is 3. The second-order valence-electron chi connectivity index (χ2n) is 9.31. The third-order valence-electron chi connectivity index (χ3n) is 6.78. The highest BCUT2D eigenvalue weighted by Crippen LogP contribution is 2.24. The van der Waals surface area contributed by atoms with Crippen LogP contribution in [0.4, 0.5) is 11.4 Å². The average molecular weight is 539 g/mol. The maximum Gasteiger partial charge on any atom is 0.259 e. The average Bonchev–Trinajstić information content (AvgIpc) is 2.96. The van der Waals surface area contributed by atoms with Crippen LogP contribution in [0.5, 0.6) is 0 Å². The first-order valence-electron chi connectivity index (χ1n) is 12.6. The van der Waals surface area contributed by atoms with Gasteiger partial charge in [0.1, 0.15) is 11.9 Å². The Bertz CT molecular complexity index is 1680. The number of nitrogens with one attached hydrogen (secondary N) is 4. The minimum absolute atomic E-state index is 0.129. The van der Waals surface area contributed by atoms with Gasteiger partial charge in [0.15, 0.2) is 6.29 Å². The van der Waals surface area contributed by atoms with Crippen molar-refractivity contribution in [3.8, 4) is 11.4 Å². The molecule has 3 aromatic carbocycles. The highest BCUT2D eigenvalue weighted by atomic mass is 16.2. The molecular formula is C29H26N6O5. The van der Waals surface area contributed by atoms with Crippen molar-refractivity contribution in [2.24, 2.45) is 0 Å². The van der Waals surface area contributed by atoms with Gasteiger partial charge in [-0.25, -0.2) is 4.98 Å². The number of anilines is 2. The minimum atomic E-state index is -0.818. The third-order valence-corrected chi connectivity index (χ3v) is 6.78. The molecule has 0 aliphatic carbocycles. The lowest BCUT2D eigenvalue weighted by Crippen LogP contribution is -2.53. The highest BCUT2D eigenvalue weighted by Gasteiger charge is 2.34. The lowest BCUT2D eigenvalue weighted by molar-refractivity contribution is -0.136. The molecule has 1 fully saturated rings. The van der Waals surface area contributed by atoms with E-state index in [4.69, 9.17) is 0 Å². The summed E-state index contributed by atoms with van der Waals surface area (Å²) in [5, 5.41) is 9.11. The van der Waals surface area contributed by atoms with E-state index in [9.17, 15) is 24.0 Å². The molecule has 5 rings (SSSR count). The summed E-state index contributed by atoms with van der Waals surface area (Å²) in [7, 11) is 1.48. The maximum atomic E-state index is 13.4. The van der Waals surface area contributed by atoms with E-state index in [0.29, 0.717) is 28.7 Å². The summed E-state index contributed by atoms with van der Waals surface area (Å²) in [6.45, 7) is 0.217. The molecule has 11 nitrogen and oxygen atoms in total. The van der Waals surface area contributed by atoms with Crippen molar-refractivity contribution < 1.29 is 19.2 Å². The van der Waals surface area contributed by atoms with E-state index in [2.05, 4.69) is 25.9 Å². The van der Waals surface area contributed by atoms with Crippen LogP contribution in [0, 0.1) is 0 Å². The molecule has 3 amide bonds. The Morgan fingerprint density at radius 1 is 1.02 bits per heavy atom. The summed E-state index contributed by atoms with van der Waals surface area (Å²) >= 11 is 0. The zero-order valence-electron chi connectivity index (χ0n) is 21.6. The van der Waals surface area contributed by atoms with E-state index in [1.54, 1.807) is 30.3 Å². The number of hydrogen-bond donors (Lipinski definition) is 4. The van der Waals surface area contributed by atoms with E-state index >= 15 is 0 Å². The molecule has 1 aliphatic rings. The fourth-order valence-corrected chi connectivity index (χ4v) is 4.63. The van der Waals surface area contributed by atoms with Crippen LogP contribution < -0.4 is 21.5 Å². The van der Waals surface area contributed by atoms with Crippen molar-refractivity contribution in [1.29, 1.82) is 0 Å². The SMILES string of the molecule is CN(C(=O)c1c(C=O)cccc1NCNc1ccc(-c2nc3ccccc3c(=O)[nH]2)cc1)C1CCC(=O)NC1=O. The number of fused-ring (bicyclic) bond motifs is 1. The van der Waals surface area contributed by atoms with Crippen molar-refractivity contribution in [2.45, 2.75) is 18.9 Å². The quantitative estimate of drug-likeness (QED) is 0.152. The van der Waals surface area contributed by atoms with Gasteiger partial charge in [-0.2, -0.15) is 0 Å². The maximum absolute atomic E-state index is 13.4. The van der Waals surface area contributed by atoms with Gasteiger partial charge >= 0.3 is 0 Å². The molecule has 1 aromatic heterocycles.